The smallest absolute Gasteiger partial charge is 0.240 e. The standard InChI is InChI=1S/C17H21N3O4S/c1-12-3-5-13(6-4-12)15-9-17(24-19-15)18-16(21)10-20(2)14-7-8-25(22,23)11-14/h3-6,9,14H,7-8,10-11H2,1-2H3,(H,18,21). The summed E-state index contributed by atoms with van der Waals surface area (Å²) in [6.07, 6.45) is 0.562. The molecule has 1 amide bonds. The number of hydrogen-bond donors (Lipinski definition) is 1. The van der Waals surface area contributed by atoms with Crippen molar-refractivity contribution in [3.05, 3.63) is 35.9 Å². The molecular formula is C17H21N3O4S. The van der Waals surface area contributed by atoms with E-state index in [-0.39, 0.29) is 35.9 Å². The summed E-state index contributed by atoms with van der Waals surface area (Å²) in [7, 11) is -1.21. The van der Waals surface area contributed by atoms with Gasteiger partial charge in [0.25, 0.3) is 0 Å². The van der Waals surface area contributed by atoms with E-state index < -0.39 is 9.84 Å². The van der Waals surface area contributed by atoms with Gasteiger partial charge in [-0.25, -0.2) is 8.42 Å². The lowest BCUT2D eigenvalue weighted by molar-refractivity contribution is -0.117. The highest BCUT2D eigenvalue weighted by molar-refractivity contribution is 7.91. The molecule has 8 heteroatoms. The van der Waals surface area contributed by atoms with Gasteiger partial charge in [0, 0.05) is 17.7 Å². The predicted octanol–water partition coefficient (Wildman–Crippen LogP) is 1.71. The second-order valence-electron chi connectivity index (χ2n) is 6.46. The molecule has 0 saturated carbocycles. The van der Waals surface area contributed by atoms with Crippen LogP contribution in [0.25, 0.3) is 11.3 Å². The third-order valence-electron chi connectivity index (χ3n) is 4.34. The molecule has 0 bridgehead atoms. The Kier molecular flexibility index (Phi) is 4.91. The first kappa shape index (κ1) is 17.6. The molecule has 7 nitrogen and oxygen atoms in total. The van der Waals surface area contributed by atoms with Gasteiger partial charge in [-0.1, -0.05) is 35.0 Å². The molecule has 2 aromatic rings. The summed E-state index contributed by atoms with van der Waals surface area (Å²) in [5, 5.41) is 6.62. The van der Waals surface area contributed by atoms with Gasteiger partial charge in [0.2, 0.25) is 11.8 Å². The summed E-state index contributed by atoms with van der Waals surface area (Å²) in [5.41, 5.74) is 2.70. The van der Waals surface area contributed by atoms with Crippen molar-refractivity contribution in [2.45, 2.75) is 19.4 Å². The Balaban J connectivity index is 1.57. The fraction of sp³-hybridized carbons (Fsp3) is 0.412. The lowest BCUT2D eigenvalue weighted by Crippen LogP contribution is -2.38. The van der Waals surface area contributed by atoms with E-state index in [1.807, 2.05) is 31.2 Å². The molecule has 1 aliphatic rings. The number of amides is 1. The van der Waals surface area contributed by atoms with Crippen molar-refractivity contribution < 1.29 is 17.7 Å². The molecule has 1 aliphatic heterocycles. The summed E-state index contributed by atoms with van der Waals surface area (Å²) in [4.78, 5) is 13.9. The lowest BCUT2D eigenvalue weighted by Gasteiger charge is -2.21. The topological polar surface area (TPSA) is 92.5 Å². The number of sulfone groups is 1. The predicted molar refractivity (Wildman–Crippen MR) is 95.0 cm³/mol. The summed E-state index contributed by atoms with van der Waals surface area (Å²) in [5.74, 6) is 0.300. The first-order chi connectivity index (χ1) is 11.8. The number of aryl methyl sites for hydroxylation is 1. The number of nitrogens with one attached hydrogen (secondary N) is 1. The van der Waals surface area contributed by atoms with Crippen LogP contribution in [-0.2, 0) is 14.6 Å². The van der Waals surface area contributed by atoms with Gasteiger partial charge in [-0.3, -0.25) is 15.0 Å². The van der Waals surface area contributed by atoms with E-state index in [0.717, 1.165) is 11.1 Å². The molecule has 1 atom stereocenters. The fourth-order valence-corrected chi connectivity index (χ4v) is 4.66. The summed E-state index contributed by atoms with van der Waals surface area (Å²) >= 11 is 0. The van der Waals surface area contributed by atoms with E-state index >= 15 is 0 Å². The van der Waals surface area contributed by atoms with Crippen LogP contribution in [-0.4, -0.2) is 55.5 Å². The van der Waals surface area contributed by atoms with E-state index in [1.165, 1.54) is 0 Å². The Morgan fingerprint density at radius 1 is 1.36 bits per heavy atom. The van der Waals surface area contributed by atoms with Crippen LogP contribution in [0.4, 0.5) is 5.88 Å². The zero-order valence-corrected chi connectivity index (χ0v) is 15.0. The van der Waals surface area contributed by atoms with Crippen molar-refractivity contribution in [1.29, 1.82) is 0 Å². The number of anilines is 1. The van der Waals surface area contributed by atoms with Crippen LogP contribution in [0.3, 0.4) is 0 Å². The minimum Gasteiger partial charge on any atom is -0.338 e. The monoisotopic (exact) mass is 363 g/mol. The van der Waals surface area contributed by atoms with Crippen LogP contribution in [0.1, 0.15) is 12.0 Å². The molecular weight excluding hydrogens is 342 g/mol. The number of benzene rings is 1. The molecule has 0 spiro atoms. The molecule has 0 radical (unpaired) electrons. The van der Waals surface area contributed by atoms with Crippen LogP contribution in [0, 0.1) is 6.92 Å². The van der Waals surface area contributed by atoms with Gasteiger partial charge in [0.05, 0.1) is 18.1 Å². The maximum absolute atomic E-state index is 12.1. The van der Waals surface area contributed by atoms with Crippen LogP contribution in [0.15, 0.2) is 34.9 Å². The summed E-state index contributed by atoms with van der Waals surface area (Å²) in [6.45, 7) is 2.10. The largest absolute Gasteiger partial charge is 0.338 e. The van der Waals surface area contributed by atoms with E-state index in [1.54, 1.807) is 18.0 Å². The van der Waals surface area contributed by atoms with Crippen molar-refractivity contribution in [2.24, 2.45) is 0 Å². The second-order valence-corrected chi connectivity index (χ2v) is 8.69. The maximum atomic E-state index is 12.1. The lowest BCUT2D eigenvalue weighted by atomic mass is 10.1. The highest BCUT2D eigenvalue weighted by Crippen LogP contribution is 2.22. The van der Waals surface area contributed by atoms with E-state index in [0.29, 0.717) is 12.1 Å². The Labute approximate surface area is 146 Å². The zero-order chi connectivity index (χ0) is 18.0. The number of aromatic nitrogens is 1. The first-order valence-corrected chi connectivity index (χ1v) is 9.89. The Hall–Kier alpha value is -2.19. The highest BCUT2D eigenvalue weighted by atomic mass is 32.2. The molecule has 1 unspecified atom stereocenters. The van der Waals surface area contributed by atoms with Crippen molar-refractivity contribution >= 4 is 21.6 Å². The van der Waals surface area contributed by atoms with Gasteiger partial charge in [-0.05, 0) is 20.4 Å². The molecule has 1 saturated heterocycles. The Bertz CT molecular complexity index is 858. The Morgan fingerprint density at radius 2 is 2.08 bits per heavy atom. The molecule has 25 heavy (non-hydrogen) atoms. The Morgan fingerprint density at radius 3 is 2.72 bits per heavy atom. The molecule has 1 aromatic carbocycles. The average Bonchev–Trinajstić information content (AvgIpc) is 3.14. The van der Waals surface area contributed by atoms with Gasteiger partial charge >= 0.3 is 0 Å². The quantitative estimate of drug-likeness (QED) is 0.869. The number of nitrogens with zero attached hydrogens (tertiary/aromatic N) is 2. The van der Waals surface area contributed by atoms with Crippen LogP contribution < -0.4 is 5.32 Å². The SMILES string of the molecule is Cc1ccc(-c2cc(NC(=O)CN(C)C3CCS(=O)(=O)C3)on2)cc1. The highest BCUT2D eigenvalue weighted by Gasteiger charge is 2.31. The van der Waals surface area contributed by atoms with E-state index in [2.05, 4.69) is 10.5 Å². The summed E-state index contributed by atoms with van der Waals surface area (Å²) < 4.78 is 28.2. The second kappa shape index (κ2) is 6.97. The van der Waals surface area contributed by atoms with Crippen molar-refractivity contribution in [1.82, 2.24) is 10.1 Å². The van der Waals surface area contributed by atoms with Crippen molar-refractivity contribution in [2.75, 3.05) is 30.4 Å². The molecule has 2 heterocycles. The van der Waals surface area contributed by atoms with Crippen LogP contribution in [0.2, 0.25) is 0 Å². The van der Waals surface area contributed by atoms with Gasteiger partial charge in [-0.15, -0.1) is 0 Å². The maximum Gasteiger partial charge on any atom is 0.240 e. The van der Waals surface area contributed by atoms with Crippen molar-refractivity contribution in [3.8, 4) is 11.3 Å². The third kappa shape index (κ3) is 4.46. The zero-order valence-electron chi connectivity index (χ0n) is 14.2. The number of carbonyl (C=O) groups is 1. The molecule has 0 aliphatic carbocycles. The number of carbonyl (C=O) groups excluding carboxylic acids is 1. The van der Waals surface area contributed by atoms with Crippen molar-refractivity contribution in [3.63, 3.8) is 0 Å². The third-order valence-corrected chi connectivity index (χ3v) is 6.10. The first-order valence-electron chi connectivity index (χ1n) is 8.07. The molecule has 3 rings (SSSR count). The van der Waals surface area contributed by atoms with E-state index in [9.17, 15) is 13.2 Å². The van der Waals surface area contributed by atoms with E-state index in [4.69, 9.17) is 4.52 Å². The molecule has 134 valence electrons. The number of hydrogen-bond acceptors (Lipinski definition) is 6. The molecule has 1 N–H and O–H groups in total. The normalized spacial score (nSPS) is 19.2. The van der Waals surface area contributed by atoms with Gasteiger partial charge in [-0.2, -0.15) is 0 Å². The molecule has 1 aromatic heterocycles. The number of likely N-dealkylation sites (N-methyl/N-ethyl adjacent to an activating group) is 1. The van der Waals surface area contributed by atoms with Crippen LogP contribution >= 0.6 is 0 Å². The molecule has 1 fully saturated rings. The van der Waals surface area contributed by atoms with Gasteiger partial charge in [0.1, 0.15) is 5.69 Å². The fourth-order valence-electron chi connectivity index (χ4n) is 2.85. The number of rotatable bonds is 5. The average molecular weight is 363 g/mol. The van der Waals surface area contributed by atoms with Gasteiger partial charge in [0.15, 0.2) is 9.84 Å². The minimum atomic E-state index is -2.97. The minimum absolute atomic E-state index is 0.0980. The van der Waals surface area contributed by atoms with Crippen LogP contribution in [0.5, 0.6) is 0 Å². The van der Waals surface area contributed by atoms with Gasteiger partial charge < -0.3 is 4.52 Å². The summed E-state index contributed by atoms with van der Waals surface area (Å²) in [6, 6.07) is 9.39.